The molecular weight excluding hydrogens is 294 g/mol. The van der Waals surface area contributed by atoms with E-state index >= 15 is 0 Å². The van der Waals surface area contributed by atoms with Crippen LogP contribution in [0.3, 0.4) is 0 Å². The van der Waals surface area contributed by atoms with Gasteiger partial charge in [0, 0.05) is 21.3 Å². The molecule has 3 unspecified atom stereocenters. The average molecular weight is 316 g/mol. The molecule has 1 aromatic heterocycles. The van der Waals surface area contributed by atoms with Crippen LogP contribution >= 0.6 is 27.3 Å². The van der Waals surface area contributed by atoms with E-state index < -0.39 is 0 Å². The summed E-state index contributed by atoms with van der Waals surface area (Å²) >= 11 is 5.50. The van der Waals surface area contributed by atoms with E-state index in [0.717, 1.165) is 12.3 Å². The number of hydrogen-bond acceptors (Lipinski definition) is 2. The van der Waals surface area contributed by atoms with Crippen molar-refractivity contribution in [3.05, 3.63) is 20.8 Å². The van der Waals surface area contributed by atoms with E-state index in [1.54, 1.807) is 0 Å². The van der Waals surface area contributed by atoms with Gasteiger partial charge in [0.2, 0.25) is 0 Å². The van der Waals surface area contributed by atoms with Gasteiger partial charge in [-0.05, 0) is 58.0 Å². The minimum absolute atomic E-state index is 0.337. The summed E-state index contributed by atoms with van der Waals surface area (Å²) in [6.45, 7) is 7.07. The predicted molar refractivity (Wildman–Crippen MR) is 79.5 cm³/mol. The van der Waals surface area contributed by atoms with Crippen LogP contribution in [0.4, 0.5) is 0 Å². The summed E-state index contributed by atoms with van der Waals surface area (Å²) in [7, 11) is 0. The summed E-state index contributed by atoms with van der Waals surface area (Å²) in [6.07, 6.45) is 3.69. The average Bonchev–Trinajstić information content (AvgIpc) is 2.63. The molecule has 17 heavy (non-hydrogen) atoms. The molecule has 0 saturated heterocycles. The van der Waals surface area contributed by atoms with Crippen molar-refractivity contribution >= 4 is 27.3 Å². The number of thiophene rings is 1. The van der Waals surface area contributed by atoms with Gasteiger partial charge in [0.05, 0.1) is 0 Å². The van der Waals surface area contributed by atoms with E-state index in [1.807, 2.05) is 11.3 Å². The Labute approximate surface area is 117 Å². The van der Waals surface area contributed by atoms with Crippen molar-refractivity contribution in [2.45, 2.75) is 52.0 Å². The number of rotatable bonds is 1. The van der Waals surface area contributed by atoms with Crippen LogP contribution in [0.5, 0.6) is 0 Å². The summed E-state index contributed by atoms with van der Waals surface area (Å²) in [4.78, 5) is 1.45. The van der Waals surface area contributed by atoms with E-state index in [0.29, 0.717) is 17.4 Å². The maximum absolute atomic E-state index is 6.33. The fourth-order valence-electron chi connectivity index (χ4n) is 2.85. The molecule has 2 N–H and O–H groups in total. The smallest absolute Gasteiger partial charge is 0.0317 e. The standard InChI is InChI=1S/C14H22BrNS/c1-14(2,3)9-4-5-12(16)10(8-9)13-11(15)6-7-17-13/h6-7,9-10,12H,4-5,8,16H2,1-3H3. The molecule has 0 aromatic carbocycles. The van der Waals surface area contributed by atoms with Crippen molar-refractivity contribution in [1.29, 1.82) is 0 Å². The van der Waals surface area contributed by atoms with E-state index in [4.69, 9.17) is 5.73 Å². The van der Waals surface area contributed by atoms with Crippen LogP contribution in [-0.4, -0.2) is 6.04 Å². The second kappa shape index (κ2) is 5.02. The Morgan fingerprint density at radius 2 is 2.06 bits per heavy atom. The predicted octanol–water partition coefficient (Wildman–Crippen LogP) is 4.77. The Balaban J connectivity index is 2.19. The topological polar surface area (TPSA) is 26.0 Å². The van der Waals surface area contributed by atoms with Gasteiger partial charge in [-0.15, -0.1) is 11.3 Å². The van der Waals surface area contributed by atoms with E-state index in [1.165, 1.54) is 22.2 Å². The molecule has 1 nitrogen and oxygen atoms in total. The first-order chi connectivity index (χ1) is 7.89. The summed E-state index contributed by atoms with van der Waals surface area (Å²) in [5, 5.41) is 2.16. The van der Waals surface area contributed by atoms with Gasteiger partial charge in [-0.3, -0.25) is 0 Å². The van der Waals surface area contributed by atoms with Crippen LogP contribution in [-0.2, 0) is 0 Å². The van der Waals surface area contributed by atoms with Crippen molar-refractivity contribution in [3.63, 3.8) is 0 Å². The molecule has 1 aliphatic carbocycles. The van der Waals surface area contributed by atoms with Crippen LogP contribution in [0, 0.1) is 11.3 Å². The zero-order valence-corrected chi connectivity index (χ0v) is 13.3. The minimum atomic E-state index is 0.337. The van der Waals surface area contributed by atoms with Crippen molar-refractivity contribution in [1.82, 2.24) is 0 Å². The zero-order valence-electron chi connectivity index (χ0n) is 10.9. The molecule has 0 spiro atoms. The van der Waals surface area contributed by atoms with Crippen molar-refractivity contribution in [3.8, 4) is 0 Å². The lowest BCUT2D eigenvalue weighted by Gasteiger charge is -2.40. The fourth-order valence-corrected chi connectivity index (χ4v) is 4.71. The van der Waals surface area contributed by atoms with Gasteiger partial charge >= 0.3 is 0 Å². The van der Waals surface area contributed by atoms with Gasteiger partial charge in [0.25, 0.3) is 0 Å². The molecule has 0 aliphatic heterocycles. The fraction of sp³-hybridized carbons (Fsp3) is 0.714. The first-order valence-electron chi connectivity index (χ1n) is 6.38. The van der Waals surface area contributed by atoms with Gasteiger partial charge in [-0.2, -0.15) is 0 Å². The van der Waals surface area contributed by atoms with Crippen LogP contribution < -0.4 is 5.73 Å². The van der Waals surface area contributed by atoms with E-state index in [2.05, 4.69) is 48.1 Å². The van der Waals surface area contributed by atoms with Crippen LogP contribution in [0.1, 0.15) is 50.8 Å². The number of nitrogens with two attached hydrogens (primary N) is 1. The van der Waals surface area contributed by atoms with Crippen LogP contribution in [0.25, 0.3) is 0 Å². The number of hydrogen-bond donors (Lipinski definition) is 1. The molecule has 1 aliphatic rings. The summed E-state index contributed by atoms with van der Waals surface area (Å²) in [5.41, 5.74) is 6.74. The lowest BCUT2D eigenvalue weighted by Crippen LogP contribution is -2.38. The van der Waals surface area contributed by atoms with Gasteiger partial charge in [-0.25, -0.2) is 0 Å². The van der Waals surface area contributed by atoms with E-state index in [-0.39, 0.29) is 0 Å². The normalized spacial score (nSPS) is 30.5. The maximum atomic E-state index is 6.33. The molecule has 0 radical (unpaired) electrons. The highest BCUT2D eigenvalue weighted by Crippen LogP contribution is 2.46. The maximum Gasteiger partial charge on any atom is 0.0317 e. The molecule has 1 heterocycles. The first kappa shape index (κ1) is 13.6. The monoisotopic (exact) mass is 315 g/mol. The molecule has 3 atom stereocenters. The summed E-state index contributed by atoms with van der Waals surface area (Å²) in [6, 6.07) is 2.48. The van der Waals surface area contributed by atoms with Crippen molar-refractivity contribution < 1.29 is 0 Å². The Morgan fingerprint density at radius 3 is 2.59 bits per heavy atom. The highest BCUT2D eigenvalue weighted by Gasteiger charge is 2.36. The van der Waals surface area contributed by atoms with Crippen molar-refractivity contribution in [2.24, 2.45) is 17.1 Å². The lowest BCUT2D eigenvalue weighted by molar-refractivity contribution is 0.154. The quantitative estimate of drug-likeness (QED) is 0.793. The molecule has 3 heteroatoms. The van der Waals surface area contributed by atoms with Crippen LogP contribution in [0.15, 0.2) is 15.9 Å². The first-order valence-corrected chi connectivity index (χ1v) is 8.05. The molecule has 0 amide bonds. The third-order valence-corrected chi connectivity index (χ3v) is 6.11. The molecule has 96 valence electrons. The highest BCUT2D eigenvalue weighted by atomic mass is 79.9. The Bertz CT molecular complexity index is 380. The Kier molecular flexibility index (Phi) is 4.01. The van der Waals surface area contributed by atoms with Gasteiger partial charge in [-0.1, -0.05) is 20.8 Å². The minimum Gasteiger partial charge on any atom is -0.327 e. The second-order valence-electron chi connectivity index (χ2n) is 6.28. The van der Waals surface area contributed by atoms with Gasteiger partial charge in [0.15, 0.2) is 0 Å². The highest BCUT2D eigenvalue weighted by molar-refractivity contribution is 9.10. The van der Waals surface area contributed by atoms with E-state index in [9.17, 15) is 0 Å². The SMILES string of the molecule is CC(C)(C)C1CCC(N)C(c2sccc2Br)C1. The Morgan fingerprint density at radius 1 is 1.35 bits per heavy atom. The summed E-state index contributed by atoms with van der Waals surface area (Å²) < 4.78 is 1.25. The molecule has 1 aromatic rings. The Hall–Kier alpha value is 0.140. The lowest BCUT2D eigenvalue weighted by atomic mass is 9.67. The third-order valence-electron chi connectivity index (χ3n) is 4.11. The summed E-state index contributed by atoms with van der Waals surface area (Å²) in [5.74, 6) is 1.34. The molecular formula is C14H22BrNS. The second-order valence-corrected chi connectivity index (χ2v) is 8.08. The van der Waals surface area contributed by atoms with Gasteiger partial charge in [0.1, 0.15) is 0 Å². The van der Waals surface area contributed by atoms with Crippen molar-refractivity contribution in [2.75, 3.05) is 0 Å². The molecule has 1 fully saturated rings. The van der Waals surface area contributed by atoms with Gasteiger partial charge < -0.3 is 5.73 Å². The van der Waals surface area contributed by atoms with Crippen LogP contribution in [0.2, 0.25) is 0 Å². The molecule has 1 saturated carbocycles. The third kappa shape index (κ3) is 2.94. The molecule has 0 bridgehead atoms. The molecule has 2 rings (SSSR count). The zero-order chi connectivity index (χ0) is 12.6. The largest absolute Gasteiger partial charge is 0.327 e. The number of halogens is 1.